The van der Waals surface area contributed by atoms with Crippen LogP contribution in [0.15, 0.2) is 0 Å². The standard InChI is InChI=1S/C14H25N3O4/c1-21-8-2-3-12(13(18)19)16-14(20)15-10-6-7-17(9-10)11-4-5-11/h10-12H,2-9H2,1H3,(H,18,19)(H2,15,16,20). The van der Waals surface area contributed by atoms with Gasteiger partial charge >= 0.3 is 12.0 Å². The van der Waals surface area contributed by atoms with Crippen LogP contribution in [0.5, 0.6) is 0 Å². The minimum Gasteiger partial charge on any atom is -0.480 e. The van der Waals surface area contributed by atoms with Crippen molar-refractivity contribution in [2.24, 2.45) is 0 Å². The van der Waals surface area contributed by atoms with E-state index in [1.165, 1.54) is 12.8 Å². The quantitative estimate of drug-likeness (QED) is 0.564. The van der Waals surface area contributed by atoms with Crippen LogP contribution in [0.3, 0.4) is 0 Å². The molecule has 0 spiro atoms. The maximum absolute atomic E-state index is 11.9. The summed E-state index contributed by atoms with van der Waals surface area (Å²) in [4.78, 5) is 25.4. The van der Waals surface area contributed by atoms with E-state index in [1.54, 1.807) is 7.11 Å². The molecule has 1 aliphatic carbocycles. The number of rotatable bonds is 8. The Morgan fingerprint density at radius 1 is 1.38 bits per heavy atom. The molecule has 1 heterocycles. The van der Waals surface area contributed by atoms with Gasteiger partial charge in [-0.3, -0.25) is 4.90 Å². The Morgan fingerprint density at radius 3 is 2.76 bits per heavy atom. The fourth-order valence-corrected chi connectivity index (χ4v) is 2.75. The van der Waals surface area contributed by atoms with Gasteiger partial charge in [0, 0.05) is 38.9 Å². The van der Waals surface area contributed by atoms with Crippen molar-refractivity contribution >= 4 is 12.0 Å². The Bertz CT molecular complexity index is 373. The van der Waals surface area contributed by atoms with Gasteiger partial charge < -0.3 is 20.5 Å². The molecule has 7 nitrogen and oxygen atoms in total. The van der Waals surface area contributed by atoms with Crippen molar-refractivity contribution in [2.45, 2.75) is 50.2 Å². The van der Waals surface area contributed by atoms with Crippen LogP contribution in [0, 0.1) is 0 Å². The molecule has 0 radical (unpaired) electrons. The van der Waals surface area contributed by atoms with Gasteiger partial charge in [0.2, 0.25) is 0 Å². The summed E-state index contributed by atoms with van der Waals surface area (Å²) in [6, 6.07) is -0.414. The molecule has 21 heavy (non-hydrogen) atoms. The number of nitrogens with zero attached hydrogens (tertiary/aromatic N) is 1. The van der Waals surface area contributed by atoms with E-state index in [9.17, 15) is 9.59 Å². The van der Waals surface area contributed by atoms with E-state index in [2.05, 4.69) is 15.5 Å². The van der Waals surface area contributed by atoms with Gasteiger partial charge in [-0.15, -0.1) is 0 Å². The van der Waals surface area contributed by atoms with Crippen LogP contribution >= 0.6 is 0 Å². The fraction of sp³-hybridized carbons (Fsp3) is 0.857. The van der Waals surface area contributed by atoms with Crippen LogP contribution in [-0.2, 0) is 9.53 Å². The van der Waals surface area contributed by atoms with Gasteiger partial charge in [-0.25, -0.2) is 9.59 Å². The zero-order chi connectivity index (χ0) is 15.2. The zero-order valence-corrected chi connectivity index (χ0v) is 12.5. The molecule has 0 aromatic rings. The van der Waals surface area contributed by atoms with Crippen LogP contribution in [0.2, 0.25) is 0 Å². The van der Waals surface area contributed by atoms with Crippen LogP contribution in [0.25, 0.3) is 0 Å². The first-order chi connectivity index (χ1) is 10.1. The van der Waals surface area contributed by atoms with Crippen molar-refractivity contribution < 1.29 is 19.4 Å². The summed E-state index contributed by atoms with van der Waals surface area (Å²) in [5.41, 5.74) is 0. The van der Waals surface area contributed by atoms with Gasteiger partial charge in [-0.1, -0.05) is 0 Å². The maximum atomic E-state index is 11.9. The first-order valence-electron chi connectivity index (χ1n) is 7.63. The minimum atomic E-state index is -1.01. The van der Waals surface area contributed by atoms with E-state index in [0.29, 0.717) is 25.5 Å². The Balaban J connectivity index is 1.70. The molecule has 2 atom stereocenters. The molecule has 2 aliphatic rings. The molecular weight excluding hydrogens is 274 g/mol. The summed E-state index contributed by atoms with van der Waals surface area (Å²) in [5, 5.41) is 14.5. The lowest BCUT2D eigenvalue weighted by Gasteiger charge is -2.18. The number of carboxylic acids is 1. The second kappa shape index (κ2) is 7.61. The Hall–Kier alpha value is -1.34. The van der Waals surface area contributed by atoms with E-state index in [0.717, 1.165) is 19.5 Å². The second-order valence-electron chi connectivity index (χ2n) is 5.86. The van der Waals surface area contributed by atoms with Crippen molar-refractivity contribution in [2.75, 3.05) is 26.8 Å². The van der Waals surface area contributed by atoms with Crippen molar-refractivity contribution in [1.82, 2.24) is 15.5 Å². The van der Waals surface area contributed by atoms with E-state index in [1.807, 2.05) is 0 Å². The van der Waals surface area contributed by atoms with Gasteiger partial charge in [0.25, 0.3) is 0 Å². The summed E-state index contributed by atoms with van der Waals surface area (Å²) in [6.45, 7) is 2.39. The largest absolute Gasteiger partial charge is 0.480 e. The van der Waals surface area contributed by atoms with E-state index in [4.69, 9.17) is 9.84 Å². The van der Waals surface area contributed by atoms with Crippen LogP contribution in [-0.4, -0.2) is 66.9 Å². The first kappa shape index (κ1) is 16.0. The fourth-order valence-electron chi connectivity index (χ4n) is 2.75. The Labute approximate surface area is 125 Å². The second-order valence-corrected chi connectivity index (χ2v) is 5.86. The van der Waals surface area contributed by atoms with Gasteiger partial charge in [-0.05, 0) is 32.1 Å². The molecule has 2 rings (SSSR count). The molecule has 2 unspecified atom stereocenters. The number of nitrogens with one attached hydrogen (secondary N) is 2. The topological polar surface area (TPSA) is 90.9 Å². The number of carboxylic acid groups (broad SMARTS) is 1. The highest BCUT2D eigenvalue weighted by Crippen LogP contribution is 2.29. The smallest absolute Gasteiger partial charge is 0.326 e. The number of urea groups is 1. The summed E-state index contributed by atoms with van der Waals surface area (Å²) < 4.78 is 4.90. The zero-order valence-electron chi connectivity index (χ0n) is 12.5. The number of ether oxygens (including phenoxy) is 1. The molecule has 2 fully saturated rings. The molecular formula is C14H25N3O4. The lowest BCUT2D eigenvalue weighted by Crippen LogP contribution is -2.49. The van der Waals surface area contributed by atoms with Crippen molar-refractivity contribution in [1.29, 1.82) is 0 Å². The highest BCUT2D eigenvalue weighted by molar-refractivity contribution is 5.82. The van der Waals surface area contributed by atoms with Crippen molar-refractivity contribution in [3.8, 4) is 0 Å². The van der Waals surface area contributed by atoms with E-state index < -0.39 is 12.0 Å². The third-order valence-electron chi connectivity index (χ3n) is 4.06. The number of aliphatic carboxylic acids is 1. The normalized spacial score (nSPS) is 23.8. The number of amides is 2. The maximum Gasteiger partial charge on any atom is 0.326 e. The molecule has 3 N–H and O–H groups in total. The molecule has 0 bridgehead atoms. The number of hydrogen-bond donors (Lipinski definition) is 3. The van der Waals surface area contributed by atoms with Crippen LogP contribution in [0.1, 0.15) is 32.1 Å². The minimum absolute atomic E-state index is 0.124. The Morgan fingerprint density at radius 2 is 2.14 bits per heavy atom. The lowest BCUT2D eigenvalue weighted by atomic mass is 10.1. The molecule has 1 aliphatic heterocycles. The average Bonchev–Trinajstić information content (AvgIpc) is 3.19. The first-order valence-corrected chi connectivity index (χ1v) is 7.63. The molecule has 1 saturated heterocycles. The predicted molar refractivity (Wildman–Crippen MR) is 77.2 cm³/mol. The number of carbonyl (C=O) groups is 2. The van der Waals surface area contributed by atoms with Crippen LogP contribution in [0.4, 0.5) is 4.79 Å². The molecule has 0 aromatic carbocycles. The molecule has 1 saturated carbocycles. The summed E-state index contributed by atoms with van der Waals surface area (Å²) in [5.74, 6) is -1.01. The Kier molecular flexibility index (Phi) is 5.81. The summed E-state index contributed by atoms with van der Waals surface area (Å²) in [6.07, 6.45) is 4.44. The number of carbonyl (C=O) groups excluding carboxylic acids is 1. The number of methoxy groups -OCH3 is 1. The highest BCUT2D eigenvalue weighted by Gasteiger charge is 2.35. The van der Waals surface area contributed by atoms with Crippen molar-refractivity contribution in [3.63, 3.8) is 0 Å². The van der Waals surface area contributed by atoms with Gasteiger partial charge in [0.15, 0.2) is 0 Å². The number of hydrogen-bond acceptors (Lipinski definition) is 4. The predicted octanol–water partition coefficient (Wildman–Crippen LogP) is 0.402. The third-order valence-corrected chi connectivity index (χ3v) is 4.06. The molecule has 2 amide bonds. The highest BCUT2D eigenvalue weighted by atomic mass is 16.5. The van der Waals surface area contributed by atoms with E-state index >= 15 is 0 Å². The van der Waals surface area contributed by atoms with E-state index in [-0.39, 0.29) is 12.1 Å². The average molecular weight is 299 g/mol. The monoisotopic (exact) mass is 299 g/mol. The SMILES string of the molecule is COCCCC(NC(=O)NC1CCN(C2CC2)C1)C(=O)O. The molecule has 120 valence electrons. The summed E-state index contributed by atoms with van der Waals surface area (Å²) >= 11 is 0. The lowest BCUT2D eigenvalue weighted by molar-refractivity contribution is -0.139. The van der Waals surface area contributed by atoms with Gasteiger partial charge in [-0.2, -0.15) is 0 Å². The van der Waals surface area contributed by atoms with Crippen LogP contribution < -0.4 is 10.6 Å². The third kappa shape index (κ3) is 5.17. The van der Waals surface area contributed by atoms with Gasteiger partial charge in [0.05, 0.1) is 0 Å². The number of likely N-dealkylation sites (tertiary alicyclic amines) is 1. The molecule has 7 heteroatoms. The molecule has 0 aromatic heterocycles. The summed E-state index contributed by atoms with van der Waals surface area (Å²) in [7, 11) is 1.57. The van der Waals surface area contributed by atoms with Gasteiger partial charge in [0.1, 0.15) is 6.04 Å². The van der Waals surface area contributed by atoms with Crippen molar-refractivity contribution in [3.05, 3.63) is 0 Å².